The van der Waals surface area contributed by atoms with E-state index in [-0.39, 0.29) is 11.9 Å². The number of hydrogen-bond acceptors (Lipinski definition) is 3. The van der Waals surface area contributed by atoms with Crippen LogP contribution < -0.4 is 10.6 Å². The van der Waals surface area contributed by atoms with Crippen LogP contribution in [0.15, 0.2) is 28.7 Å². The molecule has 0 spiro atoms. The van der Waals surface area contributed by atoms with Crippen LogP contribution in [0.5, 0.6) is 0 Å². The molecule has 1 rings (SSSR count). The summed E-state index contributed by atoms with van der Waals surface area (Å²) < 4.78 is 5.97. The van der Waals surface area contributed by atoms with Crippen LogP contribution in [0.3, 0.4) is 0 Å². The molecule has 1 aromatic rings. The third-order valence-electron chi connectivity index (χ3n) is 2.79. The maximum Gasteiger partial charge on any atom is 0.233 e. The lowest BCUT2D eigenvalue weighted by Crippen LogP contribution is -2.35. The van der Waals surface area contributed by atoms with E-state index in [0.717, 1.165) is 16.5 Å². The van der Waals surface area contributed by atoms with Gasteiger partial charge >= 0.3 is 0 Å². The molecule has 0 saturated heterocycles. The molecule has 0 unspecified atom stereocenters. The largest absolute Gasteiger partial charge is 0.385 e. The Balaban J connectivity index is 2.24. The van der Waals surface area contributed by atoms with Gasteiger partial charge in [0, 0.05) is 30.8 Å². The molecule has 1 amide bonds. The zero-order valence-electron chi connectivity index (χ0n) is 11.4. The first kappa shape index (κ1) is 16.1. The van der Waals surface area contributed by atoms with Gasteiger partial charge in [-0.25, -0.2) is 0 Å². The number of amides is 1. The van der Waals surface area contributed by atoms with E-state index < -0.39 is 0 Å². The lowest BCUT2D eigenvalue weighted by atomic mass is 10.1. The van der Waals surface area contributed by atoms with Gasteiger partial charge in [0.25, 0.3) is 0 Å². The molecule has 0 aliphatic rings. The summed E-state index contributed by atoms with van der Waals surface area (Å²) in [6.45, 7) is 3.69. The van der Waals surface area contributed by atoms with Crippen LogP contribution in [0.1, 0.15) is 24.9 Å². The molecule has 106 valence electrons. The Kier molecular flexibility index (Phi) is 7.70. The molecule has 0 heterocycles. The summed E-state index contributed by atoms with van der Waals surface area (Å²) in [5, 5.41) is 6.04. The summed E-state index contributed by atoms with van der Waals surface area (Å²) in [5.41, 5.74) is 1.16. The van der Waals surface area contributed by atoms with Crippen molar-refractivity contribution in [2.24, 2.45) is 0 Å². The van der Waals surface area contributed by atoms with Crippen molar-refractivity contribution in [2.45, 2.75) is 19.4 Å². The highest BCUT2D eigenvalue weighted by Crippen LogP contribution is 2.16. The minimum absolute atomic E-state index is 0.0139. The number of carbonyl (C=O) groups is 1. The van der Waals surface area contributed by atoms with Crippen molar-refractivity contribution in [3.63, 3.8) is 0 Å². The molecule has 0 radical (unpaired) electrons. The number of nitrogens with one attached hydrogen (secondary N) is 2. The first-order valence-corrected chi connectivity index (χ1v) is 7.17. The van der Waals surface area contributed by atoms with Crippen molar-refractivity contribution in [2.75, 3.05) is 26.8 Å². The van der Waals surface area contributed by atoms with E-state index in [4.69, 9.17) is 4.74 Å². The van der Waals surface area contributed by atoms with Crippen LogP contribution in [0.25, 0.3) is 0 Å². The quantitative estimate of drug-likeness (QED) is 0.719. The van der Waals surface area contributed by atoms with Crippen LogP contribution in [0.2, 0.25) is 0 Å². The topological polar surface area (TPSA) is 50.4 Å². The fourth-order valence-corrected chi connectivity index (χ4v) is 1.89. The summed E-state index contributed by atoms with van der Waals surface area (Å²) in [5.74, 6) is 0.0139. The van der Waals surface area contributed by atoms with Gasteiger partial charge in [0.05, 0.1) is 6.54 Å². The highest BCUT2D eigenvalue weighted by Gasteiger charge is 2.07. The van der Waals surface area contributed by atoms with Crippen molar-refractivity contribution >= 4 is 21.8 Å². The predicted octanol–water partition coefficient (Wildman–Crippen LogP) is 2.25. The minimum atomic E-state index is 0.0139. The average molecular weight is 329 g/mol. The molecule has 2 N–H and O–H groups in total. The SMILES string of the molecule is COCCCNC(=O)CN[C@@H](C)c1ccc(Br)cc1. The molecule has 1 aromatic carbocycles. The van der Waals surface area contributed by atoms with Crippen molar-refractivity contribution in [3.8, 4) is 0 Å². The molecule has 0 aliphatic heterocycles. The maximum absolute atomic E-state index is 11.6. The van der Waals surface area contributed by atoms with E-state index in [2.05, 4.69) is 26.6 Å². The fraction of sp³-hybridized carbons (Fsp3) is 0.500. The summed E-state index contributed by atoms with van der Waals surface area (Å²) in [6.07, 6.45) is 0.838. The van der Waals surface area contributed by atoms with Crippen molar-refractivity contribution < 1.29 is 9.53 Å². The Morgan fingerprint density at radius 1 is 1.37 bits per heavy atom. The van der Waals surface area contributed by atoms with Gasteiger partial charge in [-0.1, -0.05) is 28.1 Å². The summed E-state index contributed by atoms with van der Waals surface area (Å²) in [7, 11) is 1.66. The Hall–Kier alpha value is -0.910. The Morgan fingerprint density at radius 3 is 2.68 bits per heavy atom. The van der Waals surface area contributed by atoms with E-state index >= 15 is 0 Å². The zero-order valence-corrected chi connectivity index (χ0v) is 13.0. The number of carbonyl (C=O) groups excluding carboxylic acids is 1. The predicted molar refractivity (Wildman–Crippen MR) is 80.1 cm³/mol. The number of hydrogen-bond donors (Lipinski definition) is 2. The van der Waals surface area contributed by atoms with Crippen LogP contribution in [0.4, 0.5) is 0 Å². The zero-order chi connectivity index (χ0) is 14.1. The second-order valence-electron chi connectivity index (χ2n) is 4.35. The molecule has 4 nitrogen and oxygen atoms in total. The minimum Gasteiger partial charge on any atom is -0.385 e. The molecule has 5 heteroatoms. The Morgan fingerprint density at radius 2 is 2.05 bits per heavy atom. The number of ether oxygens (including phenoxy) is 1. The van der Waals surface area contributed by atoms with E-state index in [1.54, 1.807) is 7.11 Å². The summed E-state index contributed by atoms with van der Waals surface area (Å²) in [4.78, 5) is 11.6. The van der Waals surface area contributed by atoms with Gasteiger partial charge in [0.1, 0.15) is 0 Å². The molecular formula is C14H21BrN2O2. The van der Waals surface area contributed by atoms with Gasteiger partial charge in [-0.3, -0.25) is 4.79 Å². The van der Waals surface area contributed by atoms with E-state index in [1.165, 1.54) is 0 Å². The lowest BCUT2D eigenvalue weighted by molar-refractivity contribution is -0.120. The average Bonchev–Trinajstić information content (AvgIpc) is 2.42. The standard InChI is InChI=1S/C14H21BrN2O2/c1-11(12-4-6-13(15)7-5-12)17-10-14(18)16-8-3-9-19-2/h4-7,11,17H,3,8-10H2,1-2H3,(H,16,18)/t11-/m0/s1. The highest BCUT2D eigenvalue weighted by molar-refractivity contribution is 9.10. The monoisotopic (exact) mass is 328 g/mol. The van der Waals surface area contributed by atoms with Gasteiger partial charge in [-0.2, -0.15) is 0 Å². The first-order valence-electron chi connectivity index (χ1n) is 6.38. The Labute approximate surface area is 123 Å². The third-order valence-corrected chi connectivity index (χ3v) is 3.31. The highest BCUT2D eigenvalue weighted by atomic mass is 79.9. The van der Waals surface area contributed by atoms with Crippen LogP contribution in [0, 0.1) is 0 Å². The van der Waals surface area contributed by atoms with E-state index in [0.29, 0.717) is 19.7 Å². The third kappa shape index (κ3) is 6.71. The van der Waals surface area contributed by atoms with Crippen molar-refractivity contribution in [1.82, 2.24) is 10.6 Å². The van der Waals surface area contributed by atoms with Crippen LogP contribution >= 0.6 is 15.9 Å². The van der Waals surface area contributed by atoms with Crippen LogP contribution in [-0.2, 0) is 9.53 Å². The smallest absolute Gasteiger partial charge is 0.233 e. The molecule has 0 bridgehead atoms. The van der Waals surface area contributed by atoms with Crippen molar-refractivity contribution in [3.05, 3.63) is 34.3 Å². The van der Waals surface area contributed by atoms with Crippen molar-refractivity contribution in [1.29, 1.82) is 0 Å². The van der Waals surface area contributed by atoms with E-state index in [1.807, 2.05) is 31.2 Å². The van der Waals surface area contributed by atoms with E-state index in [9.17, 15) is 4.79 Å². The Bertz CT molecular complexity index is 382. The number of rotatable bonds is 8. The number of benzene rings is 1. The fourth-order valence-electron chi connectivity index (χ4n) is 1.62. The normalized spacial score (nSPS) is 12.2. The number of halogens is 1. The summed E-state index contributed by atoms with van der Waals surface area (Å²) >= 11 is 3.40. The van der Waals surface area contributed by atoms with Gasteiger partial charge in [-0.15, -0.1) is 0 Å². The van der Waals surface area contributed by atoms with Gasteiger partial charge in [-0.05, 0) is 31.0 Å². The molecule has 0 aromatic heterocycles. The molecule has 0 aliphatic carbocycles. The second kappa shape index (κ2) is 9.07. The first-order chi connectivity index (χ1) is 9.13. The van der Waals surface area contributed by atoms with Crippen LogP contribution in [-0.4, -0.2) is 32.7 Å². The maximum atomic E-state index is 11.6. The van der Waals surface area contributed by atoms with Gasteiger partial charge < -0.3 is 15.4 Å². The van der Waals surface area contributed by atoms with Gasteiger partial charge in [0.2, 0.25) is 5.91 Å². The molecule has 0 fully saturated rings. The molecule has 0 saturated carbocycles. The van der Waals surface area contributed by atoms with Gasteiger partial charge in [0.15, 0.2) is 0 Å². The molecular weight excluding hydrogens is 308 g/mol. The second-order valence-corrected chi connectivity index (χ2v) is 5.27. The summed E-state index contributed by atoms with van der Waals surface area (Å²) in [6, 6.07) is 8.23. The lowest BCUT2D eigenvalue weighted by Gasteiger charge is -2.14. The molecule has 1 atom stereocenters. The molecule has 19 heavy (non-hydrogen) atoms. The number of methoxy groups -OCH3 is 1.